The molecule has 2 aromatic rings. The van der Waals surface area contributed by atoms with Crippen molar-refractivity contribution in [3.05, 3.63) is 47.6 Å². The maximum absolute atomic E-state index is 13.0. The Bertz CT molecular complexity index is 830. The fourth-order valence-corrected chi connectivity index (χ4v) is 3.63. The number of nitrogens with zero attached hydrogens (tertiary/aromatic N) is 5. The topological polar surface area (TPSA) is 79.7 Å². The number of amides is 1. The number of carbonyl (C=O) groups excluding carboxylic acids is 1. The van der Waals surface area contributed by atoms with E-state index in [9.17, 15) is 4.79 Å². The molecule has 2 aliphatic carbocycles. The highest BCUT2D eigenvalue weighted by Gasteiger charge is 2.29. The van der Waals surface area contributed by atoms with Crippen molar-refractivity contribution in [3.8, 4) is 0 Å². The number of aryl methyl sites for hydroxylation is 1. The van der Waals surface area contributed by atoms with Crippen LogP contribution in [0.2, 0.25) is 0 Å². The van der Waals surface area contributed by atoms with Gasteiger partial charge in [0.15, 0.2) is 5.69 Å². The number of allylic oxidation sites excluding steroid dienone is 4. The van der Waals surface area contributed by atoms with E-state index in [0.29, 0.717) is 12.2 Å². The van der Waals surface area contributed by atoms with E-state index in [1.807, 2.05) is 30.2 Å². The zero-order chi connectivity index (χ0) is 17.2. The summed E-state index contributed by atoms with van der Waals surface area (Å²) in [6, 6.07) is 0.185. The molecule has 7 heteroatoms. The largest absolute Gasteiger partial charge is 0.334 e. The highest BCUT2D eigenvalue weighted by molar-refractivity contribution is 5.92. The average molecular weight is 338 g/mol. The molecule has 2 heterocycles. The highest BCUT2D eigenvalue weighted by Crippen LogP contribution is 2.24. The number of likely N-dealkylation sites (N-methyl/N-ethyl adjacent to an activating group) is 1. The monoisotopic (exact) mass is 338 g/mol. The summed E-state index contributed by atoms with van der Waals surface area (Å²) in [5, 5.41) is 15.9. The first-order valence-corrected chi connectivity index (χ1v) is 8.86. The maximum atomic E-state index is 13.0. The number of rotatable bonds is 4. The van der Waals surface area contributed by atoms with Gasteiger partial charge < -0.3 is 4.90 Å². The molecular weight excluding hydrogens is 316 g/mol. The predicted octanol–water partition coefficient (Wildman–Crippen LogP) is 2.21. The lowest BCUT2D eigenvalue weighted by Gasteiger charge is -2.32. The van der Waals surface area contributed by atoms with Gasteiger partial charge in [0, 0.05) is 18.3 Å². The van der Waals surface area contributed by atoms with Gasteiger partial charge in [-0.15, -0.1) is 5.10 Å². The van der Waals surface area contributed by atoms with Crippen LogP contribution in [-0.4, -0.2) is 48.6 Å². The van der Waals surface area contributed by atoms with Gasteiger partial charge in [0.25, 0.3) is 5.91 Å². The lowest BCUT2D eigenvalue weighted by Crippen LogP contribution is -2.43. The summed E-state index contributed by atoms with van der Waals surface area (Å²) in [7, 11) is 0. The second kappa shape index (κ2) is 6.66. The summed E-state index contributed by atoms with van der Waals surface area (Å²) >= 11 is 0. The van der Waals surface area contributed by atoms with Gasteiger partial charge in [0.2, 0.25) is 0 Å². The van der Waals surface area contributed by atoms with Crippen LogP contribution in [0.25, 0.3) is 5.70 Å². The SMILES string of the molecule is CCN(C(=O)c1cnn(C2=CC=CCC2)n1)C1CCc2[nH]ncc2C1. The van der Waals surface area contributed by atoms with Gasteiger partial charge in [-0.2, -0.15) is 15.0 Å². The molecule has 0 saturated heterocycles. The molecule has 0 bridgehead atoms. The van der Waals surface area contributed by atoms with Crippen LogP contribution in [0, 0.1) is 0 Å². The molecule has 1 amide bonds. The predicted molar refractivity (Wildman–Crippen MR) is 93.8 cm³/mol. The second-order valence-corrected chi connectivity index (χ2v) is 6.51. The maximum Gasteiger partial charge on any atom is 0.276 e. The molecular formula is C18H22N6O. The Hall–Kier alpha value is -2.70. The molecule has 0 saturated carbocycles. The molecule has 0 aromatic carbocycles. The summed E-state index contributed by atoms with van der Waals surface area (Å²) in [4.78, 5) is 16.5. The zero-order valence-electron chi connectivity index (χ0n) is 14.4. The van der Waals surface area contributed by atoms with Gasteiger partial charge in [-0.25, -0.2) is 0 Å². The van der Waals surface area contributed by atoms with Crippen LogP contribution >= 0.6 is 0 Å². The average Bonchev–Trinajstić information content (AvgIpc) is 3.32. The van der Waals surface area contributed by atoms with E-state index in [1.54, 1.807) is 11.0 Å². The van der Waals surface area contributed by atoms with E-state index in [1.165, 1.54) is 11.3 Å². The molecule has 1 atom stereocenters. The summed E-state index contributed by atoms with van der Waals surface area (Å²) in [6.45, 7) is 2.68. The summed E-state index contributed by atoms with van der Waals surface area (Å²) in [6.07, 6.45) is 14.2. The summed E-state index contributed by atoms with van der Waals surface area (Å²) in [5.74, 6) is -0.0438. The molecule has 2 aromatic heterocycles. The first-order valence-electron chi connectivity index (χ1n) is 8.86. The summed E-state index contributed by atoms with van der Waals surface area (Å²) < 4.78 is 0. The number of nitrogens with one attached hydrogen (secondary N) is 1. The van der Waals surface area contributed by atoms with Crippen molar-refractivity contribution in [2.75, 3.05) is 6.54 Å². The van der Waals surface area contributed by atoms with Crippen molar-refractivity contribution in [3.63, 3.8) is 0 Å². The van der Waals surface area contributed by atoms with Crippen molar-refractivity contribution in [1.29, 1.82) is 0 Å². The second-order valence-electron chi connectivity index (χ2n) is 6.51. The first kappa shape index (κ1) is 15.8. The minimum atomic E-state index is -0.0438. The van der Waals surface area contributed by atoms with Crippen LogP contribution in [0.4, 0.5) is 0 Å². The fourth-order valence-electron chi connectivity index (χ4n) is 3.63. The molecule has 130 valence electrons. The lowest BCUT2D eigenvalue weighted by atomic mass is 9.92. The quantitative estimate of drug-likeness (QED) is 0.927. The van der Waals surface area contributed by atoms with Crippen molar-refractivity contribution < 1.29 is 4.79 Å². The Morgan fingerprint density at radius 3 is 3.12 bits per heavy atom. The molecule has 0 fully saturated rings. The number of fused-ring (bicyclic) bond motifs is 1. The molecule has 2 aliphatic rings. The van der Waals surface area contributed by atoms with Crippen molar-refractivity contribution in [1.82, 2.24) is 30.1 Å². The number of aromatic amines is 1. The Kier molecular flexibility index (Phi) is 4.21. The molecule has 4 rings (SSSR count). The number of carbonyl (C=O) groups is 1. The van der Waals surface area contributed by atoms with Crippen LogP contribution in [0.1, 0.15) is 47.9 Å². The molecule has 7 nitrogen and oxygen atoms in total. The van der Waals surface area contributed by atoms with E-state index >= 15 is 0 Å². The minimum Gasteiger partial charge on any atom is -0.334 e. The molecule has 25 heavy (non-hydrogen) atoms. The molecule has 1 N–H and O–H groups in total. The van der Waals surface area contributed by atoms with Crippen LogP contribution in [0.15, 0.2) is 30.6 Å². The Labute approximate surface area is 146 Å². The minimum absolute atomic E-state index is 0.0438. The van der Waals surface area contributed by atoms with Gasteiger partial charge in [0.1, 0.15) is 0 Å². The summed E-state index contributed by atoms with van der Waals surface area (Å²) in [5.41, 5.74) is 3.84. The number of hydrogen-bond donors (Lipinski definition) is 1. The van der Waals surface area contributed by atoms with Crippen LogP contribution in [-0.2, 0) is 12.8 Å². The number of aromatic nitrogens is 5. The Balaban J connectivity index is 1.52. The van der Waals surface area contributed by atoms with Gasteiger partial charge in [-0.1, -0.05) is 12.2 Å². The number of hydrogen-bond acceptors (Lipinski definition) is 4. The third kappa shape index (κ3) is 3.01. The van der Waals surface area contributed by atoms with Gasteiger partial charge in [-0.05, 0) is 50.7 Å². The zero-order valence-corrected chi connectivity index (χ0v) is 14.4. The van der Waals surface area contributed by atoms with E-state index in [0.717, 1.165) is 37.8 Å². The Morgan fingerprint density at radius 2 is 2.32 bits per heavy atom. The van der Waals surface area contributed by atoms with Crippen LogP contribution in [0.3, 0.4) is 0 Å². The fraction of sp³-hybridized carbons (Fsp3) is 0.444. The molecule has 0 spiro atoms. The first-order chi connectivity index (χ1) is 12.3. The van der Waals surface area contributed by atoms with Crippen molar-refractivity contribution in [2.24, 2.45) is 0 Å². The number of H-pyrrole nitrogens is 1. The third-order valence-corrected chi connectivity index (χ3v) is 4.99. The smallest absolute Gasteiger partial charge is 0.276 e. The van der Waals surface area contributed by atoms with Crippen molar-refractivity contribution in [2.45, 2.75) is 45.1 Å². The highest BCUT2D eigenvalue weighted by atomic mass is 16.2. The molecule has 1 unspecified atom stereocenters. The third-order valence-electron chi connectivity index (χ3n) is 4.99. The molecule has 0 radical (unpaired) electrons. The van der Waals surface area contributed by atoms with Gasteiger partial charge in [-0.3, -0.25) is 9.89 Å². The van der Waals surface area contributed by atoms with E-state index in [-0.39, 0.29) is 11.9 Å². The Morgan fingerprint density at radius 1 is 1.40 bits per heavy atom. The van der Waals surface area contributed by atoms with E-state index in [2.05, 4.69) is 26.5 Å². The lowest BCUT2D eigenvalue weighted by molar-refractivity contribution is 0.0667. The van der Waals surface area contributed by atoms with Crippen molar-refractivity contribution >= 4 is 11.6 Å². The van der Waals surface area contributed by atoms with E-state index < -0.39 is 0 Å². The van der Waals surface area contributed by atoms with Crippen LogP contribution < -0.4 is 0 Å². The van der Waals surface area contributed by atoms with E-state index in [4.69, 9.17) is 0 Å². The standard InChI is InChI=1S/C18H22N6O/c1-2-23(15-8-9-16-13(10-15)11-19-21-16)18(25)17-12-20-24(22-17)14-6-4-3-5-7-14/h3-4,6,11-12,15H,2,5,7-10H2,1H3,(H,19,21). The van der Waals surface area contributed by atoms with Crippen LogP contribution in [0.5, 0.6) is 0 Å². The molecule has 0 aliphatic heterocycles. The van der Waals surface area contributed by atoms with Gasteiger partial charge in [0.05, 0.1) is 18.1 Å². The van der Waals surface area contributed by atoms with Gasteiger partial charge >= 0.3 is 0 Å². The normalized spacial score (nSPS) is 19.4.